The number of hydrogen-bond acceptors (Lipinski definition) is 5. The van der Waals surface area contributed by atoms with Crippen molar-refractivity contribution in [3.63, 3.8) is 0 Å². The lowest BCUT2D eigenvalue weighted by Gasteiger charge is -2.19. The number of hydrogen-bond donors (Lipinski definition) is 4. The van der Waals surface area contributed by atoms with Crippen LogP contribution in [0.1, 0.15) is 16.8 Å². The van der Waals surface area contributed by atoms with Gasteiger partial charge in [-0.05, 0) is 24.3 Å². The van der Waals surface area contributed by atoms with Gasteiger partial charge in [-0.2, -0.15) is 0 Å². The van der Waals surface area contributed by atoms with Crippen molar-refractivity contribution < 1.29 is 23.9 Å². The molecule has 0 bridgehead atoms. The molecule has 2 aromatic carbocycles. The maximum absolute atomic E-state index is 12.4. The molecule has 0 aromatic heterocycles. The van der Waals surface area contributed by atoms with E-state index in [4.69, 9.17) is 4.74 Å². The normalized spacial score (nSPS) is 17.7. The summed E-state index contributed by atoms with van der Waals surface area (Å²) in [6.45, 7) is -0.0980. The first-order valence-corrected chi connectivity index (χ1v) is 8.57. The molecule has 2 aliphatic rings. The number of fused-ring (bicyclic) bond motifs is 2. The van der Waals surface area contributed by atoms with E-state index in [1.807, 2.05) is 0 Å². The van der Waals surface area contributed by atoms with Gasteiger partial charge in [0, 0.05) is 11.8 Å². The lowest BCUT2D eigenvalue weighted by atomic mass is 10.1. The average molecular weight is 380 g/mol. The van der Waals surface area contributed by atoms with Crippen LogP contribution in [0, 0.1) is 0 Å². The van der Waals surface area contributed by atoms with Gasteiger partial charge in [0.05, 0.1) is 23.4 Å². The van der Waals surface area contributed by atoms with E-state index in [0.717, 1.165) is 0 Å². The van der Waals surface area contributed by atoms with Gasteiger partial charge in [0.1, 0.15) is 11.8 Å². The Morgan fingerprint density at radius 3 is 2.75 bits per heavy atom. The quantitative estimate of drug-likeness (QED) is 0.634. The van der Waals surface area contributed by atoms with E-state index >= 15 is 0 Å². The molecular formula is C19H16N4O5. The summed E-state index contributed by atoms with van der Waals surface area (Å²) < 4.78 is 5.31. The van der Waals surface area contributed by atoms with E-state index in [1.165, 1.54) is 0 Å². The van der Waals surface area contributed by atoms with Crippen LogP contribution in [0.3, 0.4) is 0 Å². The van der Waals surface area contributed by atoms with Gasteiger partial charge in [-0.25, -0.2) is 0 Å². The molecule has 1 atom stereocenters. The van der Waals surface area contributed by atoms with Gasteiger partial charge in [0.2, 0.25) is 11.8 Å². The Balaban J connectivity index is 1.43. The Morgan fingerprint density at radius 1 is 1.07 bits per heavy atom. The summed E-state index contributed by atoms with van der Waals surface area (Å²) in [5, 5.41) is 10.5. The minimum Gasteiger partial charge on any atom is -0.482 e. The summed E-state index contributed by atoms with van der Waals surface area (Å²) in [4.78, 5) is 48.4. The minimum atomic E-state index is -1.01. The van der Waals surface area contributed by atoms with Crippen LogP contribution in [0.15, 0.2) is 42.5 Å². The van der Waals surface area contributed by atoms with Crippen molar-refractivity contribution in [2.24, 2.45) is 0 Å². The van der Waals surface area contributed by atoms with Crippen LogP contribution < -0.4 is 26.0 Å². The fraction of sp³-hybridized carbons (Fsp3) is 0.158. The standard InChI is InChI=1S/C19H16N4O5/c24-16(20-10-5-6-13-15(7-10)28-9-17(25)21-13)8-14-19(27)22-12-4-2-1-3-11(12)18(26)23-14/h1-7,14H,8-9H2,(H,20,24)(H,21,25)(H,22,27)(H,23,26)/t14-/m0/s1. The number of rotatable bonds is 3. The van der Waals surface area contributed by atoms with Crippen LogP contribution in [0.5, 0.6) is 5.75 Å². The second-order valence-electron chi connectivity index (χ2n) is 6.36. The first kappa shape index (κ1) is 17.5. The highest BCUT2D eigenvalue weighted by molar-refractivity contribution is 6.11. The van der Waals surface area contributed by atoms with Crippen molar-refractivity contribution in [1.82, 2.24) is 5.32 Å². The fourth-order valence-electron chi connectivity index (χ4n) is 3.01. The second kappa shape index (κ2) is 7.03. The molecule has 2 aliphatic heterocycles. The van der Waals surface area contributed by atoms with E-state index in [1.54, 1.807) is 42.5 Å². The second-order valence-corrected chi connectivity index (χ2v) is 6.36. The summed E-state index contributed by atoms with van der Waals surface area (Å²) >= 11 is 0. The smallest absolute Gasteiger partial charge is 0.262 e. The van der Waals surface area contributed by atoms with E-state index in [2.05, 4.69) is 21.3 Å². The third-order valence-corrected chi connectivity index (χ3v) is 4.34. The highest BCUT2D eigenvalue weighted by Gasteiger charge is 2.29. The van der Waals surface area contributed by atoms with Gasteiger partial charge in [-0.1, -0.05) is 12.1 Å². The number of benzene rings is 2. The maximum atomic E-state index is 12.4. The Kier molecular flexibility index (Phi) is 4.40. The summed E-state index contributed by atoms with van der Waals surface area (Å²) in [6.07, 6.45) is -0.236. The highest BCUT2D eigenvalue weighted by atomic mass is 16.5. The molecule has 0 saturated carbocycles. The van der Waals surface area contributed by atoms with E-state index in [9.17, 15) is 19.2 Å². The lowest BCUT2D eigenvalue weighted by molar-refractivity contribution is -0.122. The topological polar surface area (TPSA) is 126 Å². The van der Waals surface area contributed by atoms with Gasteiger partial charge in [0.25, 0.3) is 11.8 Å². The predicted molar refractivity (Wildman–Crippen MR) is 100 cm³/mol. The van der Waals surface area contributed by atoms with Crippen molar-refractivity contribution in [2.45, 2.75) is 12.5 Å². The zero-order valence-electron chi connectivity index (χ0n) is 14.6. The molecule has 0 fully saturated rings. The number of carbonyl (C=O) groups excluding carboxylic acids is 4. The van der Waals surface area contributed by atoms with Crippen LogP contribution in [-0.2, 0) is 14.4 Å². The van der Waals surface area contributed by atoms with Gasteiger partial charge in [-0.15, -0.1) is 0 Å². The molecule has 0 saturated heterocycles. The van der Waals surface area contributed by atoms with Gasteiger partial charge < -0.3 is 26.0 Å². The Bertz CT molecular complexity index is 1000. The van der Waals surface area contributed by atoms with Crippen LogP contribution >= 0.6 is 0 Å². The molecule has 9 nitrogen and oxygen atoms in total. The van der Waals surface area contributed by atoms with Gasteiger partial charge >= 0.3 is 0 Å². The molecule has 0 spiro atoms. The number of ether oxygens (including phenoxy) is 1. The zero-order valence-corrected chi connectivity index (χ0v) is 14.6. The summed E-state index contributed by atoms with van der Waals surface area (Å²) in [6, 6.07) is 10.4. The van der Waals surface area contributed by atoms with Gasteiger partial charge in [-0.3, -0.25) is 19.2 Å². The average Bonchev–Trinajstić information content (AvgIpc) is 2.78. The molecule has 2 aromatic rings. The molecule has 28 heavy (non-hydrogen) atoms. The molecule has 4 amide bonds. The molecule has 9 heteroatoms. The highest BCUT2D eigenvalue weighted by Crippen LogP contribution is 2.30. The monoisotopic (exact) mass is 380 g/mol. The lowest BCUT2D eigenvalue weighted by Crippen LogP contribution is -2.43. The first-order chi connectivity index (χ1) is 13.5. The molecule has 2 heterocycles. The summed E-state index contributed by atoms with van der Waals surface area (Å²) in [5.74, 6) is -1.16. The predicted octanol–water partition coefficient (Wildman–Crippen LogP) is 1.10. The Hall–Kier alpha value is -3.88. The molecular weight excluding hydrogens is 364 g/mol. The third-order valence-electron chi connectivity index (χ3n) is 4.34. The Morgan fingerprint density at radius 2 is 1.89 bits per heavy atom. The van der Waals surface area contributed by atoms with Crippen molar-refractivity contribution in [2.75, 3.05) is 22.6 Å². The molecule has 142 valence electrons. The van der Waals surface area contributed by atoms with Crippen LogP contribution in [-0.4, -0.2) is 36.3 Å². The molecule has 0 unspecified atom stereocenters. The van der Waals surface area contributed by atoms with Crippen molar-refractivity contribution >= 4 is 40.7 Å². The number of nitrogens with one attached hydrogen (secondary N) is 4. The summed E-state index contributed by atoms with van der Waals surface area (Å²) in [5.41, 5.74) is 1.71. The molecule has 4 N–H and O–H groups in total. The number of para-hydroxylation sites is 1. The molecule has 4 rings (SSSR count). The van der Waals surface area contributed by atoms with E-state index in [0.29, 0.717) is 28.4 Å². The van der Waals surface area contributed by atoms with E-state index < -0.39 is 23.8 Å². The SMILES string of the molecule is O=C(C[C@@H]1NC(=O)c2ccccc2NC1=O)Nc1ccc2c(c1)OCC(=O)N2. The van der Waals surface area contributed by atoms with Crippen LogP contribution in [0.2, 0.25) is 0 Å². The van der Waals surface area contributed by atoms with Crippen molar-refractivity contribution in [1.29, 1.82) is 0 Å². The number of anilines is 3. The van der Waals surface area contributed by atoms with Crippen molar-refractivity contribution in [3.8, 4) is 5.75 Å². The number of carbonyl (C=O) groups is 4. The molecule has 0 aliphatic carbocycles. The number of amides is 4. The largest absolute Gasteiger partial charge is 0.482 e. The first-order valence-electron chi connectivity index (χ1n) is 8.57. The Labute approximate surface area is 159 Å². The van der Waals surface area contributed by atoms with Crippen molar-refractivity contribution in [3.05, 3.63) is 48.0 Å². The maximum Gasteiger partial charge on any atom is 0.262 e. The fourth-order valence-corrected chi connectivity index (χ4v) is 3.01. The third kappa shape index (κ3) is 3.50. The van der Waals surface area contributed by atoms with Gasteiger partial charge in [0.15, 0.2) is 6.61 Å². The van der Waals surface area contributed by atoms with E-state index in [-0.39, 0.29) is 18.9 Å². The van der Waals surface area contributed by atoms with Crippen LogP contribution in [0.25, 0.3) is 0 Å². The molecule has 0 radical (unpaired) electrons. The van der Waals surface area contributed by atoms with Crippen LogP contribution in [0.4, 0.5) is 17.1 Å². The minimum absolute atomic E-state index is 0.0980. The zero-order chi connectivity index (χ0) is 19.7. The summed E-state index contributed by atoms with van der Waals surface area (Å²) in [7, 11) is 0.